The molecule has 1 amide bonds. The van der Waals surface area contributed by atoms with E-state index in [0.29, 0.717) is 23.0 Å². The summed E-state index contributed by atoms with van der Waals surface area (Å²) in [4.78, 5) is 26.4. The van der Waals surface area contributed by atoms with Crippen LogP contribution in [-0.4, -0.2) is 33.4 Å². The molecule has 5 rings (SSSR count). The molecule has 9 heteroatoms. The molecule has 0 radical (unpaired) electrons. The van der Waals surface area contributed by atoms with E-state index in [4.69, 9.17) is 0 Å². The molecule has 3 heterocycles. The predicted octanol–water partition coefficient (Wildman–Crippen LogP) is 4.09. The molecule has 1 aromatic carbocycles. The summed E-state index contributed by atoms with van der Waals surface area (Å²) in [7, 11) is 0. The third kappa shape index (κ3) is 4.86. The lowest BCUT2D eigenvalue weighted by Crippen LogP contribution is -2.33. The first-order valence-electron chi connectivity index (χ1n) is 12.4. The van der Waals surface area contributed by atoms with Gasteiger partial charge in [-0.3, -0.25) is 9.78 Å². The van der Waals surface area contributed by atoms with Gasteiger partial charge in [0.25, 0.3) is 5.91 Å². The van der Waals surface area contributed by atoms with Crippen molar-refractivity contribution in [2.45, 2.75) is 57.5 Å². The maximum absolute atomic E-state index is 12.9. The smallest absolute Gasteiger partial charge is 0.256 e. The van der Waals surface area contributed by atoms with Crippen LogP contribution in [0, 0.1) is 11.3 Å². The van der Waals surface area contributed by atoms with Gasteiger partial charge < -0.3 is 21.3 Å². The van der Waals surface area contributed by atoms with Crippen molar-refractivity contribution in [3.8, 4) is 6.07 Å². The number of amides is 1. The van der Waals surface area contributed by atoms with E-state index in [9.17, 15) is 10.1 Å². The normalized spacial score (nSPS) is 15.8. The molecule has 9 nitrogen and oxygen atoms in total. The van der Waals surface area contributed by atoms with E-state index in [-0.39, 0.29) is 11.9 Å². The zero-order valence-electron chi connectivity index (χ0n) is 20.6. The number of carbonyl (C=O) groups excluding carboxylic acids is 1. The molecule has 2 aliphatic rings. The number of rotatable bonds is 7. The molecule has 2 aromatic heterocycles. The Kier molecular flexibility index (Phi) is 6.53. The lowest BCUT2D eigenvalue weighted by Gasteiger charge is -2.34. The van der Waals surface area contributed by atoms with Gasteiger partial charge in [0.15, 0.2) is 0 Å². The molecule has 1 aliphatic carbocycles. The van der Waals surface area contributed by atoms with Crippen LogP contribution in [0.1, 0.15) is 60.3 Å². The average molecular weight is 483 g/mol. The van der Waals surface area contributed by atoms with E-state index in [1.807, 2.05) is 32.0 Å². The summed E-state index contributed by atoms with van der Waals surface area (Å²) in [5.74, 6) is 0.492. The summed E-state index contributed by atoms with van der Waals surface area (Å²) >= 11 is 0. The summed E-state index contributed by atoms with van der Waals surface area (Å²) in [5, 5.41) is 22.6. The van der Waals surface area contributed by atoms with Crippen LogP contribution < -0.4 is 21.3 Å². The van der Waals surface area contributed by atoms with Crippen LogP contribution in [0.15, 0.2) is 42.7 Å². The number of carbonyl (C=O) groups is 1. The molecule has 4 N–H and O–H groups in total. The third-order valence-corrected chi connectivity index (χ3v) is 6.74. The van der Waals surface area contributed by atoms with Crippen LogP contribution in [0.5, 0.6) is 0 Å². The van der Waals surface area contributed by atoms with E-state index in [1.54, 1.807) is 6.20 Å². The van der Waals surface area contributed by atoms with Crippen molar-refractivity contribution < 1.29 is 4.79 Å². The molecule has 0 unspecified atom stereocenters. The minimum absolute atomic E-state index is 0.0334. The highest BCUT2D eigenvalue weighted by Crippen LogP contribution is 2.42. The van der Waals surface area contributed by atoms with E-state index in [2.05, 4.69) is 54.4 Å². The van der Waals surface area contributed by atoms with Gasteiger partial charge >= 0.3 is 0 Å². The standard InChI is InChI=1S/C27H30N8O/c1-17(2)32-25(36)22-15-31-26(34-20-5-4-18-6-10-29-14-19(18)12-20)35-24(22)33-21-7-11-30-23(13-21)27(16-28)8-3-9-27/h4-5,7,11-13,15,17,29H,3,6,8-10,14H2,1-2H3,(H,32,36)(H2,30,31,33,34,35). The summed E-state index contributed by atoms with van der Waals surface area (Å²) < 4.78 is 0. The number of nitriles is 1. The first-order chi connectivity index (χ1) is 17.5. The lowest BCUT2D eigenvalue weighted by atomic mass is 9.67. The fourth-order valence-electron chi connectivity index (χ4n) is 4.59. The Balaban J connectivity index is 1.45. The second-order valence-electron chi connectivity index (χ2n) is 9.72. The topological polar surface area (TPSA) is 128 Å². The number of nitrogens with zero attached hydrogens (tertiary/aromatic N) is 4. The molecule has 3 aromatic rings. The fraction of sp³-hybridized carbons (Fsp3) is 0.370. The highest BCUT2D eigenvalue weighted by atomic mass is 16.1. The van der Waals surface area contributed by atoms with Gasteiger partial charge in [0.05, 0.1) is 17.2 Å². The molecule has 36 heavy (non-hydrogen) atoms. The summed E-state index contributed by atoms with van der Waals surface area (Å²) in [5.41, 5.74) is 4.74. The van der Waals surface area contributed by atoms with Crippen LogP contribution in [0.2, 0.25) is 0 Å². The van der Waals surface area contributed by atoms with E-state index in [1.165, 1.54) is 17.3 Å². The number of fused-ring (bicyclic) bond motifs is 1. The number of hydrogen-bond donors (Lipinski definition) is 4. The van der Waals surface area contributed by atoms with Crippen molar-refractivity contribution in [1.82, 2.24) is 25.6 Å². The van der Waals surface area contributed by atoms with Gasteiger partial charge in [-0.2, -0.15) is 10.2 Å². The number of benzene rings is 1. The number of aromatic nitrogens is 3. The Labute approximate surface area is 210 Å². The first-order valence-corrected chi connectivity index (χ1v) is 12.4. The van der Waals surface area contributed by atoms with Crippen LogP contribution >= 0.6 is 0 Å². The second kappa shape index (κ2) is 9.91. The molecule has 1 aliphatic heterocycles. The minimum atomic E-state index is -0.533. The monoisotopic (exact) mass is 482 g/mol. The Morgan fingerprint density at radius 2 is 1.94 bits per heavy atom. The Hall–Kier alpha value is -4.03. The van der Waals surface area contributed by atoms with Crippen LogP contribution in [0.25, 0.3) is 0 Å². The molecular formula is C27H30N8O. The lowest BCUT2D eigenvalue weighted by molar-refractivity contribution is 0.0943. The zero-order valence-corrected chi connectivity index (χ0v) is 20.6. The third-order valence-electron chi connectivity index (χ3n) is 6.74. The van der Waals surface area contributed by atoms with Gasteiger partial charge in [0.2, 0.25) is 5.95 Å². The highest BCUT2D eigenvalue weighted by molar-refractivity contribution is 5.99. The molecule has 0 bridgehead atoms. The molecule has 1 saturated carbocycles. The molecule has 0 atom stereocenters. The molecular weight excluding hydrogens is 452 g/mol. The van der Waals surface area contributed by atoms with Crippen molar-refractivity contribution in [3.63, 3.8) is 0 Å². The Morgan fingerprint density at radius 1 is 1.11 bits per heavy atom. The average Bonchev–Trinajstić information content (AvgIpc) is 2.84. The van der Waals surface area contributed by atoms with Crippen LogP contribution in [0.3, 0.4) is 0 Å². The van der Waals surface area contributed by atoms with Crippen molar-refractivity contribution in [3.05, 3.63) is 65.1 Å². The van der Waals surface area contributed by atoms with E-state index in [0.717, 1.165) is 50.2 Å². The number of nitrogens with one attached hydrogen (secondary N) is 4. The van der Waals surface area contributed by atoms with Crippen LogP contribution in [0.4, 0.5) is 23.1 Å². The highest BCUT2D eigenvalue weighted by Gasteiger charge is 2.40. The Morgan fingerprint density at radius 3 is 2.69 bits per heavy atom. The number of pyridine rings is 1. The van der Waals surface area contributed by atoms with Crippen molar-refractivity contribution >= 4 is 29.0 Å². The molecule has 0 saturated heterocycles. The predicted molar refractivity (Wildman–Crippen MR) is 138 cm³/mol. The van der Waals surface area contributed by atoms with Gasteiger partial charge in [-0.1, -0.05) is 6.07 Å². The Bertz CT molecular complexity index is 1330. The molecule has 0 spiro atoms. The van der Waals surface area contributed by atoms with Gasteiger partial charge in [-0.05, 0) is 81.5 Å². The van der Waals surface area contributed by atoms with Gasteiger partial charge in [-0.15, -0.1) is 0 Å². The number of anilines is 4. The quantitative estimate of drug-likeness (QED) is 0.397. The summed E-state index contributed by atoms with van der Waals surface area (Å²) in [6, 6.07) is 12.3. The maximum Gasteiger partial charge on any atom is 0.256 e. The minimum Gasteiger partial charge on any atom is -0.350 e. The van der Waals surface area contributed by atoms with Crippen molar-refractivity contribution in [2.24, 2.45) is 0 Å². The first kappa shape index (κ1) is 23.7. The van der Waals surface area contributed by atoms with Crippen molar-refractivity contribution in [2.75, 3.05) is 17.2 Å². The van der Waals surface area contributed by atoms with Gasteiger partial charge in [0.1, 0.15) is 11.4 Å². The van der Waals surface area contributed by atoms with Crippen molar-refractivity contribution in [1.29, 1.82) is 5.26 Å². The van der Waals surface area contributed by atoms with Crippen LogP contribution in [-0.2, 0) is 18.4 Å². The summed E-state index contributed by atoms with van der Waals surface area (Å²) in [6.07, 6.45) is 6.86. The van der Waals surface area contributed by atoms with E-state index < -0.39 is 5.41 Å². The largest absolute Gasteiger partial charge is 0.350 e. The maximum atomic E-state index is 12.9. The zero-order chi connectivity index (χ0) is 25.1. The SMILES string of the molecule is CC(C)NC(=O)c1cnc(Nc2ccc3c(c2)CNCC3)nc1Nc1ccnc(C2(C#N)CCC2)c1. The second-order valence-corrected chi connectivity index (χ2v) is 9.72. The fourth-order valence-corrected chi connectivity index (χ4v) is 4.59. The van der Waals surface area contributed by atoms with Gasteiger partial charge in [0, 0.05) is 36.4 Å². The molecule has 184 valence electrons. The van der Waals surface area contributed by atoms with E-state index >= 15 is 0 Å². The van der Waals surface area contributed by atoms with Gasteiger partial charge in [-0.25, -0.2) is 4.98 Å². The summed E-state index contributed by atoms with van der Waals surface area (Å²) in [6.45, 7) is 5.63. The number of hydrogen-bond acceptors (Lipinski definition) is 8. The molecule has 1 fully saturated rings.